The summed E-state index contributed by atoms with van der Waals surface area (Å²) in [6, 6.07) is 19.1. The van der Waals surface area contributed by atoms with Gasteiger partial charge in [-0.1, -0.05) is 30.3 Å². The van der Waals surface area contributed by atoms with Crippen molar-refractivity contribution in [2.24, 2.45) is 0 Å². The molecule has 0 saturated carbocycles. The lowest BCUT2D eigenvalue weighted by atomic mass is 10.1. The number of amides is 1. The molecule has 0 saturated heterocycles. The van der Waals surface area contributed by atoms with Crippen molar-refractivity contribution in [1.29, 1.82) is 0 Å². The molecule has 0 aliphatic carbocycles. The number of carbonyl (C=O) groups is 1. The molecular weight excluding hydrogens is 414 g/mol. The molecule has 0 aliphatic heterocycles. The number of alkyl halides is 2. The van der Waals surface area contributed by atoms with Gasteiger partial charge in [-0.05, 0) is 36.4 Å². The van der Waals surface area contributed by atoms with E-state index in [1.807, 2.05) is 24.3 Å². The van der Waals surface area contributed by atoms with Gasteiger partial charge in [-0.15, -0.1) is 0 Å². The number of fused-ring (bicyclic) bond motifs is 2. The topological polar surface area (TPSA) is 64.2 Å². The molecule has 2 aromatic carbocycles. The zero-order chi connectivity index (χ0) is 22.2. The Hall–Kier alpha value is -4.07. The molecule has 0 aliphatic rings. The van der Waals surface area contributed by atoms with E-state index in [-0.39, 0.29) is 18.3 Å². The van der Waals surface area contributed by atoms with E-state index < -0.39 is 6.55 Å². The second-order valence-corrected chi connectivity index (χ2v) is 7.38. The van der Waals surface area contributed by atoms with Gasteiger partial charge in [0.1, 0.15) is 11.5 Å². The number of halogens is 2. The van der Waals surface area contributed by atoms with Gasteiger partial charge in [0.15, 0.2) is 5.76 Å². The van der Waals surface area contributed by atoms with Gasteiger partial charge in [-0.25, -0.2) is 9.97 Å². The van der Waals surface area contributed by atoms with Crippen molar-refractivity contribution >= 4 is 27.8 Å². The third-order valence-corrected chi connectivity index (χ3v) is 5.31. The van der Waals surface area contributed by atoms with Crippen molar-refractivity contribution in [3.63, 3.8) is 0 Å². The molecule has 1 amide bonds. The van der Waals surface area contributed by atoms with Crippen LogP contribution in [0.2, 0.25) is 0 Å². The first-order valence-electron chi connectivity index (χ1n) is 9.96. The Balaban J connectivity index is 1.55. The highest BCUT2D eigenvalue weighted by Crippen LogP contribution is 2.27. The predicted molar refractivity (Wildman–Crippen MR) is 116 cm³/mol. The Morgan fingerprint density at radius 2 is 1.78 bits per heavy atom. The van der Waals surface area contributed by atoms with Gasteiger partial charge in [0.05, 0.1) is 34.9 Å². The van der Waals surface area contributed by atoms with Crippen LogP contribution >= 0.6 is 0 Å². The van der Waals surface area contributed by atoms with Crippen molar-refractivity contribution in [1.82, 2.24) is 19.4 Å². The van der Waals surface area contributed by atoms with Crippen molar-refractivity contribution in [3.05, 3.63) is 84.4 Å². The van der Waals surface area contributed by atoms with Crippen molar-refractivity contribution < 1.29 is 18.0 Å². The largest absolute Gasteiger partial charge is 0.463 e. The number of nitrogens with zero attached hydrogens (tertiary/aromatic N) is 4. The summed E-state index contributed by atoms with van der Waals surface area (Å²) in [6.07, 6.45) is 1.54. The van der Waals surface area contributed by atoms with Gasteiger partial charge in [-0.3, -0.25) is 9.36 Å². The zero-order valence-corrected chi connectivity index (χ0v) is 17.1. The summed E-state index contributed by atoms with van der Waals surface area (Å²) < 4.78 is 33.9. The second-order valence-electron chi connectivity index (χ2n) is 7.38. The minimum Gasteiger partial charge on any atom is -0.463 e. The number of para-hydroxylation sites is 3. The average molecular weight is 432 g/mol. The predicted octanol–water partition coefficient (Wildman–Crippen LogP) is 5.51. The Morgan fingerprint density at radius 1 is 1.03 bits per heavy atom. The summed E-state index contributed by atoms with van der Waals surface area (Å²) in [5, 5.41) is 0.669. The van der Waals surface area contributed by atoms with E-state index in [0.29, 0.717) is 39.0 Å². The Morgan fingerprint density at radius 3 is 2.53 bits per heavy atom. The lowest BCUT2D eigenvalue weighted by Gasteiger charge is -2.19. The van der Waals surface area contributed by atoms with Crippen molar-refractivity contribution in [2.75, 3.05) is 7.05 Å². The molecular formula is C24H18F2N4O2. The van der Waals surface area contributed by atoms with Gasteiger partial charge in [-0.2, -0.15) is 8.78 Å². The lowest BCUT2D eigenvalue weighted by molar-refractivity contribution is 0.0647. The number of benzene rings is 2. The van der Waals surface area contributed by atoms with E-state index in [1.54, 1.807) is 49.5 Å². The van der Waals surface area contributed by atoms with Gasteiger partial charge in [0, 0.05) is 12.4 Å². The van der Waals surface area contributed by atoms with Crippen LogP contribution in [0.1, 0.15) is 22.7 Å². The number of hydrogen-bond donors (Lipinski definition) is 0. The number of pyridine rings is 1. The molecule has 0 N–H and O–H groups in total. The van der Waals surface area contributed by atoms with Gasteiger partial charge < -0.3 is 9.32 Å². The van der Waals surface area contributed by atoms with Crippen LogP contribution in [0.3, 0.4) is 0 Å². The number of imidazole rings is 1. The first-order valence-corrected chi connectivity index (χ1v) is 9.96. The molecule has 0 spiro atoms. The third kappa shape index (κ3) is 3.39. The fraction of sp³-hybridized carbons (Fsp3) is 0.125. The second kappa shape index (κ2) is 7.88. The fourth-order valence-corrected chi connectivity index (χ4v) is 3.82. The molecule has 6 nitrogen and oxygen atoms in total. The lowest BCUT2D eigenvalue weighted by Crippen LogP contribution is -2.28. The van der Waals surface area contributed by atoms with Crippen LogP contribution in [0.4, 0.5) is 8.78 Å². The Labute approximate surface area is 181 Å². The molecule has 32 heavy (non-hydrogen) atoms. The van der Waals surface area contributed by atoms with Crippen molar-refractivity contribution in [3.8, 4) is 11.5 Å². The summed E-state index contributed by atoms with van der Waals surface area (Å²) in [6.45, 7) is -2.85. The molecule has 0 radical (unpaired) electrons. The minimum absolute atomic E-state index is 0.0788. The van der Waals surface area contributed by atoms with Gasteiger partial charge in [0.2, 0.25) is 0 Å². The number of furan rings is 1. The number of rotatable bonds is 5. The number of hydrogen-bond acceptors (Lipinski definition) is 4. The Bertz CT molecular complexity index is 1430. The summed E-state index contributed by atoms with van der Waals surface area (Å²) >= 11 is 0. The first-order chi connectivity index (χ1) is 15.5. The Kier molecular flexibility index (Phi) is 4.89. The quantitative estimate of drug-likeness (QED) is 0.367. The molecule has 0 bridgehead atoms. The standard InChI is InChI=1S/C24H18F2N4O2/c1-29(14-22-28-18-9-4-5-10-20(18)30(22)24(25)26)23(31)16-13-19(21-11-6-12-32-21)27-17-8-3-2-7-15(16)17/h2-13,24H,14H2,1H3. The monoisotopic (exact) mass is 432 g/mol. The average Bonchev–Trinajstić information content (AvgIpc) is 3.45. The SMILES string of the molecule is CN(Cc1nc2ccccc2n1C(F)F)C(=O)c1cc(-c2ccco2)nc2ccccc12. The van der Waals surface area contributed by atoms with Gasteiger partial charge in [0.25, 0.3) is 5.91 Å². The maximum atomic E-state index is 13.8. The van der Waals surface area contributed by atoms with E-state index in [2.05, 4.69) is 9.97 Å². The van der Waals surface area contributed by atoms with E-state index in [0.717, 1.165) is 4.57 Å². The first kappa shape index (κ1) is 19.9. The van der Waals surface area contributed by atoms with E-state index in [4.69, 9.17) is 4.42 Å². The molecule has 0 atom stereocenters. The van der Waals surface area contributed by atoms with E-state index in [9.17, 15) is 13.6 Å². The smallest absolute Gasteiger partial charge is 0.320 e. The molecule has 5 aromatic rings. The highest BCUT2D eigenvalue weighted by molar-refractivity contribution is 6.07. The molecule has 8 heteroatoms. The third-order valence-electron chi connectivity index (χ3n) is 5.31. The molecule has 0 fully saturated rings. The van der Waals surface area contributed by atoms with Crippen LogP contribution in [-0.4, -0.2) is 32.4 Å². The van der Waals surface area contributed by atoms with Crippen LogP contribution < -0.4 is 0 Å². The van der Waals surface area contributed by atoms with Gasteiger partial charge >= 0.3 is 6.55 Å². The van der Waals surface area contributed by atoms with E-state index in [1.165, 1.54) is 11.2 Å². The molecule has 3 aromatic heterocycles. The molecule has 0 unspecified atom stereocenters. The van der Waals surface area contributed by atoms with Crippen LogP contribution in [0.15, 0.2) is 77.4 Å². The summed E-state index contributed by atoms with van der Waals surface area (Å²) in [4.78, 5) is 23.7. The van der Waals surface area contributed by atoms with Crippen molar-refractivity contribution in [2.45, 2.75) is 13.1 Å². The summed E-state index contributed by atoms with van der Waals surface area (Å²) in [5.74, 6) is 0.317. The summed E-state index contributed by atoms with van der Waals surface area (Å²) in [5.41, 5.74) is 2.35. The zero-order valence-electron chi connectivity index (χ0n) is 17.1. The highest BCUT2D eigenvalue weighted by Gasteiger charge is 2.23. The molecule has 3 heterocycles. The maximum absolute atomic E-state index is 13.8. The molecule has 160 valence electrons. The van der Waals surface area contributed by atoms with Crippen LogP contribution in [0, 0.1) is 0 Å². The molecule has 5 rings (SSSR count). The number of carbonyl (C=O) groups excluding carboxylic acids is 1. The number of aromatic nitrogens is 3. The highest BCUT2D eigenvalue weighted by atomic mass is 19.3. The normalized spacial score (nSPS) is 11.5. The van der Waals surface area contributed by atoms with Crippen LogP contribution in [-0.2, 0) is 6.54 Å². The minimum atomic E-state index is -2.77. The van der Waals surface area contributed by atoms with Crippen LogP contribution in [0.25, 0.3) is 33.4 Å². The van der Waals surface area contributed by atoms with Crippen LogP contribution in [0.5, 0.6) is 0 Å². The summed E-state index contributed by atoms with van der Waals surface area (Å²) in [7, 11) is 1.57. The van der Waals surface area contributed by atoms with E-state index >= 15 is 0 Å². The maximum Gasteiger partial charge on any atom is 0.320 e. The fourth-order valence-electron chi connectivity index (χ4n) is 3.82.